The average molecular weight is 248 g/mol. The van der Waals surface area contributed by atoms with Gasteiger partial charge >= 0.3 is 0 Å². The van der Waals surface area contributed by atoms with E-state index in [0.29, 0.717) is 17.7 Å². The minimum Gasteiger partial charge on any atom is -0.382 e. The number of amides is 1. The second kappa shape index (κ2) is 5.87. The van der Waals surface area contributed by atoms with Crippen LogP contribution in [0.15, 0.2) is 24.3 Å². The number of nitrogens with two attached hydrogens (primary N) is 1. The maximum Gasteiger partial charge on any atom is 0.248 e. The molecule has 4 nitrogen and oxygen atoms in total. The topological polar surface area (TPSA) is 64.3 Å². The van der Waals surface area contributed by atoms with Gasteiger partial charge in [-0.25, -0.2) is 0 Å². The van der Waals surface area contributed by atoms with Gasteiger partial charge in [0.1, 0.15) is 0 Å². The van der Waals surface area contributed by atoms with Gasteiger partial charge in [0.25, 0.3) is 0 Å². The predicted molar refractivity (Wildman–Crippen MR) is 71.6 cm³/mol. The molecule has 1 fully saturated rings. The summed E-state index contributed by atoms with van der Waals surface area (Å²) in [4.78, 5) is 11.0. The maximum atomic E-state index is 11.0. The minimum absolute atomic E-state index is 0.362. The highest BCUT2D eigenvalue weighted by Gasteiger charge is 2.20. The number of carbonyl (C=O) groups is 1. The fourth-order valence-electron chi connectivity index (χ4n) is 2.26. The van der Waals surface area contributed by atoms with Crippen LogP contribution in [0.5, 0.6) is 0 Å². The molecular weight excluding hydrogens is 228 g/mol. The van der Waals surface area contributed by atoms with Crippen LogP contribution in [-0.4, -0.2) is 24.7 Å². The van der Waals surface area contributed by atoms with Crippen molar-refractivity contribution in [2.45, 2.75) is 38.3 Å². The molecule has 0 aliphatic carbocycles. The zero-order valence-electron chi connectivity index (χ0n) is 10.7. The Morgan fingerprint density at radius 3 is 2.78 bits per heavy atom. The molecule has 1 saturated heterocycles. The molecule has 2 unspecified atom stereocenters. The SMILES string of the molecule is CCC1CC(Nc2ccc(C(N)=O)cc2)CCO1. The summed E-state index contributed by atoms with van der Waals surface area (Å²) < 4.78 is 5.64. The van der Waals surface area contributed by atoms with Crippen molar-refractivity contribution in [1.29, 1.82) is 0 Å². The molecule has 1 heterocycles. The number of ether oxygens (including phenoxy) is 1. The van der Waals surface area contributed by atoms with Gasteiger partial charge < -0.3 is 15.8 Å². The van der Waals surface area contributed by atoms with Crippen LogP contribution in [0.25, 0.3) is 0 Å². The Hall–Kier alpha value is -1.55. The third kappa shape index (κ3) is 3.23. The van der Waals surface area contributed by atoms with Gasteiger partial charge in [0.05, 0.1) is 6.10 Å². The Bertz CT molecular complexity index is 403. The Morgan fingerprint density at radius 1 is 1.44 bits per heavy atom. The first kappa shape index (κ1) is 12.9. The predicted octanol–water partition coefficient (Wildman–Crippen LogP) is 2.16. The zero-order valence-corrected chi connectivity index (χ0v) is 10.7. The van der Waals surface area contributed by atoms with E-state index in [1.165, 1.54) is 0 Å². The van der Waals surface area contributed by atoms with E-state index in [1.54, 1.807) is 12.1 Å². The second-order valence-electron chi connectivity index (χ2n) is 4.71. The molecule has 0 radical (unpaired) electrons. The van der Waals surface area contributed by atoms with Gasteiger partial charge in [-0.2, -0.15) is 0 Å². The van der Waals surface area contributed by atoms with Crippen molar-refractivity contribution in [3.05, 3.63) is 29.8 Å². The summed E-state index contributed by atoms with van der Waals surface area (Å²) in [5, 5.41) is 3.48. The molecule has 0 bridgehead atoms. The molecule has 1 aromatic rings. The van der Waals surface area contributed by atoms with E-state index < -0.39 is 5.91 Å². The number of primary amides is 1. The highest BCUT2D eigenvalue weighted by molar-refractivity contribution is 5.93. The number of carbonyl (C=O) groups excluding carboxylic acids is 1. The van der Waals surface area contributed by atoms with Crippen LogP contribution in [0.1, 0.15) is 36.5 Å². The van der Waals surface area contributed by atoms with Crippen molar-refractivity contribution in [2.75, 3.05) is 11.9 Å². The third-order valence-electron chi connectivity index (χ3n) is 3.36. The largest absolute Gasteiger partial charge is 0.382 e. The lowest BCUT2D eigenvalue weighted by Crippen LogP contribution is -2.33. The van der Waals surface area contributed by atoms with Gasteiger partial charge in [-0.1, -0.05) is 6.92 Å². The normalized spacial score (nSPS) is 23.6. The Balaban J connectivity index is 1.94. The highest BCUT2D eigenvalue weighted by atomic mass is 16.5. The summed E-state index contributed by atoms with van der Waals surface area (Å²) >= 11 is 0. The van der Waals surface area contributed by atoms with Crippen molar-refractivity contribution in [2.24, 2.45) is 5.73 Å². The van der Waals surface area contributed by atoms with Crippen LogP contribution >= 0.6 is 0 Å². The van der Waals surface area contributed by atoms with Crippen LogP contribution in [0.3, 0.4) is 0 Å². The summed E-state index contributed by atoms with van der Waals surface area (Å²) in [7, 11) is 0. The maximum absolute atomic E-state index is 11.0. The fraction of sp³-hybridized carbons (Fsp3) is 0.500. The molecule has 18 heavy (non-hydrogen) atoms. The molecule has 1 aromatic carbocycles. The molecule has 1 aliphatic rings. The highest BCUT2D eigenvalue weighted by Crippen LogP contribution is 2.20. The Labute approximate surface area is 108 Å². The lowest BCUT2D eigenvalue weighted by Gasteiger charge is -2.30. The standard InChI is InChI=1S/C14H20N2O2/c1-2-13-9-12(7-8-18-13)16-11-5-3-10(4-6-11)14(15)17/h3-6,12-13,16H,2,7-9H2,1H3,(H2,15,17). The van der Waals surface area contributed by atoms with Crippen molar-refractivity contribution in [3.8, 4) is 0 Å². The van der Waals surface area contributed by atoms with E-state index in [4.69, 9.17) is 10.5 Å². The van der Waals surface area contributed by atoms with Crippen LogP contribution in [0, 0.1) is 0 Å². The van der Waals surface area contributed by atoms with Crippen LogP contribution < -0.4 is 11.1 Å². The molecule has 1 aliphatic heterocycles. The average Bonchev–Trinajstić information content (AvgIpc) is 2.39. The van der Waals surface area contributed by atoms with Gasteiger partial charge in [-0.3, -0.25) is 4.79 Å². The van der Waals surface area contributed by atoms with E-state index in [0.717, 1.165) is 31.6 Å². The summed E-state index contributed by atoms with van der Waals surface area (Å²) in [5.41, 5.74) is 6.78. The van der Waals surface area contributed by atoms with E-state index in [2.05, 4.69) is 12.2 Å². The lowest BCUT2D eigenvalue weighted by molar-refractivity contribution is 0.00925. The number of hydrogen-bond acceptors (Lipinski definition) is 3. The zero-order chi connectivity index (χ0) is 13.0. The van der Waals surface area contributed by atoms with E-state index in [9.17, 15) is 4.79 Å². The number of benzene rings is 1. The molecule has 0 aromatic heterocycles. The Kier molecular flexibility index (Phi) is 4.20. The first-order chi connectivity index (χ1) is 8.69. The van der Waals surface area contributed by atoms with Crippen molar-refractivity contribution < 1.29 is 9.53 Å². The van der Waals surface area contributed by atoms with Crippen molar-refractivity contribution in [3.63, 3.8) is 0 Å². The van der Waals surface area contributed by atoms with Gasteiger partial charge in [-0.15, -0.1) is 0 Å². The molecule has 4 heteroatoms. The quantitative estimate of drug-likeness (QED) is 0.858. The van der Waals surface area contributed by atoms with Gasteiger partial charge in [0.2, 0.25) is 5.91 Å². The first-order valence-electron chi connectivity index (χ1n) is 6.47. The molecule has 1 amide bonds. The summed E-state index contributed by atoms with van der Waals surface area (Å²) in [5.74, 6) is -0.390. The third-order valence-corrected chi connectivity index (χ3v) is 3.36. The van der Waals surface area contributed by atoms with Crippen molar-refractivity contribution >= 4 is 11.6 Å². The van der Waals surface area contributed by atoms with E-state index in [1.807, 2.05) is 12.1 Å². The molecule has 2 atom stereocenters. The number of rotatable bonds is 4. The van der Waals surface area contributed by atoms with Crippen LogP contribution in [-0.2, 0) is 4.74 Å². The molecule has 3 N–H and O–H groups in total. The number of anilines is 1. The van der Waals surface area contributed by atoms with Gasteiger partial charge in [0.15, 0.2) is 0 Å². The van der Waals surface area contributed by atoms with Crippen molar-refractivity contribution in [1.82, 2.24) is 0 Å². The second-order valence-corrected chi connectivity index (χ2v) is 4.71. The number of hydrogen-bond donors (Lipinski definition) is 2. The minimum atomic E-state index is -0.390. The monoisotopic (exact) mass is 248 g/mol. The van der Waals surface area contributed by atoms with Crippen LogP contribution in [0.2, 0.25) is 0 Å². The Morgan fingerprint density at radius 2 is 2.17 bits per heavy atom. The lowest BCUT2D eigenvalue weighted by atomic mass is 10.0. The number of nitrogens with one attached hydrogen (secondary N) is 1. The van der Waals surface area contributed by atoms with Gasteiger partial charge in [-0.05, 0) is 43.5 Å². The molecular formula is C14H20N2O2. The van der Waals surface area contributed by atoms with Crippen LogP contribution in [0.4, 0.5) is 5.69 Å². The summed E-state index contributed by atoms with van der Waals surface area (Å²) in [6, 6.07) is 7.75. The van der Waals surface area contributed by atoms with Gasteiger partial charge in [0, 0.05) is 23.9 Å². The van der Waals surface area contributed by atoms with E-state index >= 15 is 0 Å². The fourth-order valence-corrected chi connectivity index (χ4v) is 2.26. The summed E-state index contributed by atoms with van der Waals surface area (Å²) in [6.45, 7) is 2.96. The smallest absolute Gasteiger partial charge is 0.248 e. The summed E-state index contributed by atoms with van der Waals surface area (Å²) in [6.07, 6.45) is 3.47. The van der Waals surface area contributed by atoms with E-state index in [-0.39, 0.29) is 0 Å². The molecule has 2 rings (SSSR count). The first-order valence-corrected chi connectivity index (χ1v) is 6.47. The molecule has 98 valence electrons. The molecule has 0 saturated carbocycles. The molecule has 0 spiro atoms.